The molecule has 0 radical (unpaired) electrons. The molecular weight excluding hydrogens is 492 g/mol. The predicted octanol–water partition coefficient (Wildman–Crippen LogP) is 8.40. The molecule has 4 aliphatic rings. The van der Waals surface area contributed by atoms with E-state index in [1.807, 2.05) is 18.2 Å². The number of allylic oxidation sites excluding steroid dienone is 4. The fourth-order valence-corrected chi connectivity index (χ4v) is 7.13. The van der Waals surface area contributed by atoms with Gasteiger partial charge in [-0.2, -0.15) is 0 Å². The first-order chi connectivity index (χ1) is 19.7. The minimum atomic E-state index is 0.0193. The van der Waals surface area contributed by atoms with Crippen molar-refractivity contribution in [1.29, 1.82) is 0 Å². The number of nitrogens with zero attached hydrogens (tertiary/aromatic N) is 1. The lowest BCUT2D eigenvalue weighted by atomic mass is 9.86. The topological polar surface area (TPSA) is 51.6 Å². The van der Waals surface area contributed by atoms with Gasteiger partial charge in [0.1, 0.15) is 23.0 Å². The van der Waals surface area contributed by atoms with Crippen LogP contribution in [0.1, 0.15) is 28.5 Å². The van der Waals surface area contributed by atoms with Crippen LogP contribution in [0.25, 0.3) is 27.5 Å². The van der Waals surface area contributed by atoms with E-state index in [2.05, 4.69) is 108 Å². The number of ether oxygens (including phenoxy) is 1. The first-order valence-corrected chi connectivity index (χ1v) is 13.9. The molecule has 4 aromatic carbocycles. The molecule has 4 heteroatoms. The molecule has 3 heterocycles. The highest BCUT2D eigenvalue weighted by molar-refractivity contribution is 6.14. The lowest BCUT2D eigenvalue weighted by Gasteiger charge is -2.32. The van der Waals surface area contributed by atoms with Crippen LogP contribution in [0.4, 0.5) is 17.1 Å². The van der Waals surface area contributed by atoms with E-state index in [0.717, 1.165) is 44.8 Å². The van der Waals surface area contributed by atoms with Gasteiger partial charge in [-0.3, -0.25) is 0 Å². The zero-order chi connectivity index (χ0) is 26.4. The van der Waals surface area contributed by atoms with Gasteiger partial charge >= 0.3 is 0 Å². The summed E-state index contributed by atoms with van der Waals surface area (Å²) in [5.74, 6) is 1.39. The molecule has 0 saturated carbocycles. The molecule has 0 fully saturated rings. The average molecular weight is 519 g/mol. The van der Waals surface area contributed by atoms with Gasteiger partial charge in [-0.25, -0.2) is 0 Å². The second-order valence-corrected chi connectivity index (χ2v) is 11.0. The summed E-state index contributed by atoms with van der Waals surface area (Å²) < 4.78 is 12.6. The zero-order valence-electron chi connectivity index (χ0n) is 21.7. The number of fused-ring (bicyclic) bond motifs is 10. The first-order valence-electron chi connectivity index (χ1n) is 13.9. The Bertz CT molecular complexity index is 1990. The van der Waals surface area contributed by atoms with Crippen molar-refractivity contribution in [2.45, 2.75) is 24.0 Å². The third-order valence-corrected chi connectivity index (χ3v) is 8.86. The molecule has 5 aromatic rings. The molecule has 0 bridgehead atoms. The fourth-order valence-electron chi connectivity index (χ4n) is 7.13. The van der Waals surface area contributed by atoms with E-state index >= 15 is 0 Å². The van der Waals surface area contributed by atoms with Gasteiger partial charge in [-0.1, -0.05) is 78.9 Å². The van der Waals surface area contributed by atoms with Crippen LogP contribution in [-0.2, 0) is 0 Å². The summed E-state index contributed by atoms with van der Waals surface area (Å²) in [6.45, 7) is 0. The minimum Gasteiger partial charge on any atom is -0.485 e. The summed E-state index contributed by atoms with van der Waals surface area (Å²) in [6, 6.07) is 27.6. The van der Waals surface area contributed by atoms with Gasteiger partial charge in [0.25, 0.3) is 0 Å². The average Bonchev–Trinajstić information content (AvgIpc) is 3.66. The molecule has 0 amide bonds. The maximum Gasteiger partial charge on any atom is 0.137 e. The molecule has 1 aromatic heterocycles. The number of nitrogens with two attached hydrogens (primary N) is 1. The number of furan rings is 1. The third-order valence-electron chi connectivity index (χ3n) is 8.86. The van der Waals surface area contributed by atoms with E-state index in [1.54, 1.807) is 0 Å². The zero-order valence-corrected chi connectivity index (χ0v) is 21.7. The van der Waals surface area contributed by atoms with Crippen LogP contribution in [0.5, 0.6) is 5.75 Å². The number of benzene rings is 4. The Morgan fingerprint density at radius 2 is 1.62 bits per heavy atom. The highest BCUT2D eigenvalue weighted by Gasteiger charge is 2.41. The molecule has 4 nitrogen and oxygen atoms in total. The summed E-state index contributed by atoms with van der Waals surface area (Å²) in [4.78, 5) is 2.51. The largest absolute Gasteiger partial charge is 0.485 e. The number of nitrogen functional groups attached to an aromatic ring is 1. The summed E-state index contributed by atoms with van der Waals surface area (Å²) in [7, 11) is 0. The van der Waals surface area contributed by atoms with Crippen molar-refractivity contribution in [2.24, 2.45) is 0 Å². The van der Waals surface area contributed by atoms with Crippen LogP contribution in [0.3, 0.4) is 0 Å². The normalized spacial score (nSPS) is 23.6. The van der Waals surface area contributed by atoms with Gasteiger partial charge in [-0.15, -0.1) is 0 Å². The second-order valence-electron chi connectivity index (χ2n) is 11.0. The third kappa shape index (κ3) is 2.96. The summed E-state index contributed by atoms with van der Waals surface area (Å²) in [6.07, 6.45) is 15.7. The molecule has 40 heavy (non-hydrogen) atoms. The molecule has 2 aliphatic heterocycles. The van der Waals surface area contributed by atoms with Crippen molar-refractivity contribution < 1.29 is 9.15 Å². The van der Waals surface area contributed by atoms with Crippen molar-refractivity contribution in [3.63, 3.8) is 0 Å². The highest BCUT2D eigenvalue weighted by Crippen LogP contribution is 2.54. The van der Waals surface area contributed by atoms with Crippen molar-refractivity contribution >= 4 is 44.6 Å². The monoisotopic (exact) mass is 518 g/mol. The van der Waals surface area contributed by atoms with E-state index in [4.69, 9.17) is 14.9 Å². The highest BCUT2D eigenvalue weighted by atomic mass is 16.5. The van der Waals surface area contributed by atoms with Gasteiger partial charge in [0.2, 0.25) is 0 Å². The van der Waals surface area contributed by atoms with Gasteiger partial charge < -0.3 is 19.8 Å². The Kier molecular flexibility index (Phi) is 4.40. The number of anilines is 3. The summed E-state index contributed by atoms with van der Waals surface area (Å²) >= 11 is 0. The number of rotatable bonds is 2. The maximum absolute atomic E-state index is 6.46. The molecule has 2 N–H and O–H groups in total. The molecular formula is C36H26N2O2. The first kappa shape index (κ1) is 21.9. The van der Waals surface area contributed by atoms with E-state index < -0.39 is 0 Å². The Hall–Kier alpha value is -4.96. The SMILES string of the molecule is Nc1ccc(N2c3c(ccc4oc5ccccc5c34)C3C=CC=CC32)c(C2=CC3c4ccccc4O[C@@H]3C=C2)c1. The Labute approximate surface area is 232 Å². The van der Waals surface area contributed by atoms with E-state index in [0.29, 0.717) is 0 Å². The van der Waals surface area contributed by atoms with Gasteiger partial charge in [0.15, 0.2) is 0 Å². The smallest absolute Gasteiger partial charge is 0.137 e. The van der Waals surface area contributed by atoms with Crippen LogP contribution in [0, 0.1) is 0 Å². The van der Waals surface area contributed by atoms with Crippen molar-refractivity contribution in [3.8, 4) is 5.75 Å². The second kappa shape index (κ2) is 8.03. The predicted molar refractivity (Wildman–Crippen MR) is 162 cm³/mol. The molecule has 0 saturated heterocycles. The van der Waals surface area contributed by atoms with E-state index in [-0.39, 0.29) is 24.0 Å². The number of para-hydroxylation sites is 2. The molecule has 2 aliphatic carbocycles. The molecule has 9 rings (SSSR count). The van der Waals surface area contributed by atoms with Gasteiger partial charge in [0.05, 0.1) is 17.1 Å². The van der Waals surface area contributed by atoms with E-state index in [1.165, 1.54) is 22.2 Å². The lowest BCUT2D eigenvalue weighted by molar-refractivity contribution is 0.269. The minimum absolute atomic E-state index is 0.0193. The van der Waals surface area contributed by atoms with Gasteiger partial charge in [0, 0.05) is 39.7 Å². The Morgan fingerprint density at radius 3 is 2.60 bits per heavy atom. The number of hydrogen-bond acceptors (Lipinski definition) is 4. The fraction of sp³-hybridized carbons (Fsp3) is 0.111. The summed E-state index contributed by atoms with van der Waals surface area (Å²) in [5.41, 5.74) is 16.2. The molecule has 4 atom stereocenters. The van der Waals surface area contributed by atoms with Gasteiger partial charge in [-0.05, 0) is 53.6 Å². The quantitative estimate of drug-likeness (QED) is 0.238. The number of hydrogen-bond donors (Lipinski definition) is 1. The van der Waals surface area contributed by atoms with Crippen molar-refractivity contribution in [3.05, 3.63) is 138 Å². The molecule has 3 unspecified atom stereocenters. The van der Waals surface area contributed by atoms with Crippen LogP contribution < -0.4 is 15.4 Å². The van der Waals surface area contributed by atoms with Crippen LogP contribution >= 0.6 is 0 Å². The van der Waals surface area contributed by atoms with Crippen LogP contribution in [-0.4, -0.2) is 12.1 Å². The standard InChI is InChI=1S/C36H26N2O2/c37-22-14-16-30(27(20-22)21-13-17-33-28(19-21)24-8-2-5-11-31(24)39-33)38-29-10-4-1-7-23(29)25-15-18-34-35(36(25)38)26-9-3-6-12-32(26)40-34/h1-20,23,28-29,33H,37H2/t23?,28?,29?,33-/m1/s1. The van der Waals surface area contributed by atoms with Crippen LogP contribution in [0.2, 0.25) is 0 Å². The Balaban J connectivity index is 1.28. The lowest BCUT2D eigenvalue weighted by Crippen LogP contribution is -2.29. The molecule has 192 valence electrons. The van der Waals surface area contributed by atoms with Crippen LogP contribution in [0.15, 0.2) is 126 Å². The Morgan fingerprint density at radius 1 is 0.750 bits per heavy atom. The maximum atomic E-state index is 6.46. The van der Waals surface area contributed by atoms with E-state index in [9.17, 15) is 0 Å². The molecule has 0 spiro atoms. The summed E-state index contributed by atoms with van der Waals surface area (Å²) in [5, 5.41) is 2.31. The van der Waals surface area contributed by atoms with Crippen molar-refractivity contribution in [1.82, 2.24) is 0 Å². The van der Waals surface area contributed by atoms with Crippen molar-refractivity contribution in [2.75, 3.05) is 10.6 Å².